The number of oxazole rings is 1. The van der Waals surface area contributed by atoms with Crippen molar-refractivity contribution in [2.75, 3.05) is 54.5 Å². The van der Waals surface area contributed by atoms with Crippen molar-refractivity contribution in [3.63, 3.8) is 0 Å². The first-order valence-corrected chi connectivity index (χ1v) is 13.5. The van der Waals surface area contributed by atoms with Gasteiger partial charge < -0.3 is 29.4 Å². The number of morpholine rings is 1. The van der Waals surface area contributed by atoms with Crippen molar-refractivity contribution in [2.24, 2.45) is 0 Å². The molecule has 2 aliphatic heterocycles. The second-order valence-electron chi connectivity index (χ2n) is 9.62. The predicted octanol–water partition coefficient (Wildman–Crippen LogP) is 4.83. The number of piperidine rings is 1. The zero-order chi connectivity index (χ0) is 26.3. The number of anilines is 3. The van der Waals surface area contributed by atoms with Crippen LogP contribution in [0.3, 0.4) is 0 Å². The Kier molecular flexibility index (Phi) is 6.62. The Balaban J connectivity index is 1.33. The minimum Gasteiger partial charge on any atom is -0.423 e. The molecule has 0 saturated carbocycles. The van der Waals surface area contributed by atoms with E-state index in [2.05, 4.69) is 20.3 Å². The van der Waals surface area contributed by atoms with Crippen LogP contribution in [0.2, 0.25) is 0 Å². The molecule has 1 aromatic carbocycles. The summed E-state index contributed by atoms with van der Waals surface area (Å²) in [5.74, 6) is -2.79. The number of nitrogens with zero attached hydrogens (tertiary/aromatic N) is 5. The Morgan fingerprint density at radius 3 is 2.76 bits per heavy atom. The van der Waals surface area contributed by atoms with Crippen LogP contribution in [0.1, 0.15) is 30.5 Å². The largest absolute Gasteiger partial charge is 0.423 e. The zero-order valence-corrected chi connectivity index (χ0v) is 21.7. The van der Waals surface area contributed by atoms with Gasteiger partial charge in [-0.1, -0.05) is 0 Å². The lowest BCUT2D eigenvalue weighted by molar-refractivity contribution is -0.0116. The summed E-state index contributed by atoms with van der Waals surface area (Å²) in [6.45, 7) is 4.46. The van der Waals surface area contributed by atoms with Crippen molar-refractivity contribution in [1.29, 1.82) is 0 Å². The number of aliphatic hydroxyl groups excluding tert-OH is 1. The van der Waals surface area contributed by atoms with E-state index in [4.69, 9.17) is 9.15 Å². The quantitative estimate of drug-likeness (QED) is 0.332. The standard InChI is InChI=1S/C26H28F2N6O3S/c1-16-11-17(3-5-29-16)24-31-20(14-38-24)23(35)30-18-13-22-19(32-25(37-22)33-7-9-36-10-8-33)12-21(18)34-6-2-4-26(27,28)15-34/h3,5,11-14,23,30,35H,2,4,6-10,15H2,1H3. The van der Waals surface area contributed by atoms with Gasteiger partial charge in [-0.2, -0.15) is 4.98 Å². The number of ether oxygens (including phenoxy) is 1. The molecule has 2 aliphatic rings. The van der Waals surface area contributed by atoms with Crippen LogP contribution in [0.5, 0.6) is 0 Å². The van der Waals surface area contributed by atoms with Crippen LogP contribution in [-0.4, -0.2) is 65.4 Å². The predicted molar refractivity (Wildman–Crippen MR) is 142 cm³/mol. The molecule has 6 rings (SSSR count). The van der Waals surface area contributed by atoms with Gasteiger partial charge in [0.25, 0.3) is 11.9 Å². The van der Waals surface area contributed by atoms with Gasteiger partial charge in [0.1, 0.15) is 16.2 Å². The highest BCUT2D eigenvalue weighted by Gasteiger charge is 2.36. The fourth-order valence-electron chi connectivity index (χ4n) is 4.83. The van der Waals surface area contributed by atoms with E-state index in [-0.39, 0.29) is 6.42 Å². The van der Waals surface area contributed by atoms with Gasteiger partial charge in [0.05, 0.1) is 31.1 Å². The molecule has 2 saturated heterocycles. The number of hydrogen-bond donors (Lipinski definition) is 2. The van der Waals surface area contributed by atoms with E-state index in [9.17, 15) is 13.9 Å². The molecule has 4 aromatic rings. The lowest BCUT2D eigenvalue weighted by Crippen LogP contribution is -2.43. The second kappa shape index (κ2) is 10.1. The number of hydrogen-bond acceptors (Lipinski definition) is 10. The number of aryl methyl sites for hydroxylation is 1. The van der Waals surface area contributed by atoms with Gasteiger partial charge in [0.15, 0.2) is 11.8 Å². The molecule has 1 atom stereocenters. The van der Waals surface area contributed by atoms with E-state index in [1.54, 1.807) is 28.6 Å². The Labute approximate surface area is 222 Å². The molecular formula is C26H28F2N6O3S. The van der Waals surface area contributed by atoms with Crippen LogP contribution >= 0.6 is 11.3 Å². The van der Waals surface area contributed by atoms with Crippen molar-refractivity contribution >= 4 is 39.8 Å². The second-order valence-corrected chi connectivity index (χ2v) is 10.5. The first-order valence-electron chi connectivity index (χ1n) is 12.6. The molecule has 0 bridgehead atoms. The minimum absolute atomic E-state index is 0.141. The van der Waals surface area contributed by atoms with Crippen molar-refractivity contribution in [3.05, 3.63) is 47.2 Å². The number of alkyl halides is 2. The van der Waals surface area contributed by atoms with Crippen molar-refractivity contribution in [3.8, 4) is 10.6 Å². The zero-order valence-electron chi connectivity index (χ0n) is 20.9. The maximum Gasteiger partial charge on any atom is 0.298 e. The molecule has 0 amide bonds. The van der Waals surface area contributed by atoms with Gasteiger partial charge in [-0.05, 0) is 31.5 Å². The van der Waals surface area contributed by atoms with Crippen LogP contribution in [0.4, 0.5) is 26.2 Å². The van der Waals surface area contributed by atoms with E-state index >= 15 is 0 Å². The van der Waals surface area contributed by atoms with Gasteiger partial charge >= 0.3 is 0 Å². The number of fused-ring (bicyclic) bond motifs is 1. The third-order valence-electron chi connectivity index (χ3n) is 6.75. The number of rotatable bonds is 6. The highest BCUT2D eigenvalue weighted by molar-refractivity contribution is 7.13. The van der Waals surface area contributed by atoms with Crippen LogP contribution < -0.4 is 15.1 Å². The molecule has 12 heteroatoms. The van der Waals surface area contributed by atoms with E-state index in [0.717, 1.165) is 16.3 Å². The van der Waals surface area contributed by atoms with Crippen LogP contribution in [-0.2, 0) is 4.74 Å². The van der Waals surface area contributed by atoms with Gasteiger partial charge in [0.2, 0.25) is 0 Å². The Morgan fingerprint density at radius 2 is 1.97 bits per heavy atom. The van der Waals surface area contributed by atoms with Crippen LogP contribution in [0, 0.1) is 6.92 Å². The molecule has 200 valence electrons. The van der Waals surface area contributed by atoms with Crippen molar-refractivity contribution in [1.82, 2.24) is 15.0 Å². The monoisotopic (exact) mass is 542 g/mol. The molecule has 2 N–H and O–H groups in total. The molecule has 38 heavy (non-hydrogen) atoms. The summed E-state index contributed by atoms with van der Waals surface area (Å²) in [5.41, 5.74) is 4.30. The first-order chi connectivity index (χ1) is 18.3. The van der Waals surface area contributed by atoms with E-state index in [1.165, 1.54) is 11.3 Å². The topological polar surface area (TPSA) is 99.8 Å². The molecule has 1 unspecified atom stereocenters. The highest BCUT2D eigenvalue weighted by atomic mass is 32.1. The molecule has 2 fully saturated rings. The summed E-state index contributed by atoms with van der Waals surface area (Å²) >= 11 is 1.41. The number of thiazole rings is 1. The van der Waals surface area contributed by atoms with Crippen molar-refractivity contribution in [2.45, 2.75) is 31.9 Å². The van der Waals surface area contributed by atoms with E-state index in [0.29, 0.717) is 73.5 Å². The van der Waals surface area contributed by atoms with Gasteiger partial charge in [0, 0.05) is 55.0 Å². The molecule has 0 aliphatic carbocycles. The maximum atomic E-state index is 14.4. The Hall–Kier alpha value is -3.35. The number of benzene rings is 1. The third kappa shape index (κ3) is 5.16. The normalized spacial score (nSPS) is 18.6. The Morgan fingerprint density at radius 1 is 1.13 bits per heavy atom. The molecule has 5 heterocycles. The molecule has 3 aromatic heterocycles. The average molecular weight is 543 g/mol. The summed E-state index contributed by atoms with van der Waals surface area (Å²) < 4.78 is 40.2. The summed E-state index contributed by atoms with van der Waals surface area (Å²) in [4.78, 5) is 17.1. The summed E-state index contributed by atoms with van der Waals surface area (Å²) in [5, 5.41) is 16.7. The van der Waals surface area contributed by atoms with Crippen molar-refractivity contribution < 1.29 is 23.0 Å². The van der Waals surface area contributed by atoms with Crippen LogP contribution in [0.15, 0.2) is 40.3 Å². The molecular weight excluding hydrogens is 514 g/mol. The SMILES string of the molecule is Cc1cc(-c2nc(C(O)Nc3cc4oc(N5CCOCC5)nc4cc3N3CCCC(F)(F)C3)cs2)ccn1. The molecule has 9 nitrogen and oxygen atoms in total. The average Bonchev–Trinajstić information content (AvgIpc) is 3.56. The molecule has 0 radical (unpaired) electrons. The molecule has 0 spiro atoms. The Bertz CT molecular complexity index is 1440. The smallest absolute Gasteiger partial charge is 0.298 e. The fourth-order valence-corrected chi connectivity index (χ4v) is 5.67. The maximum absolute atomic E-state index is 14.4. The van der Waals surface area contributed by atoms with Gasteiger partial charge in [-0.3, -0.25) is 4.98 Å². The number of aliphatic hydroxyl groups is 1. The number of aromatic nitrogens is 3. The lowest BCUT2D eigenvalue weighted by atomic mass is 10.1. The minimum atomic E-state index is -2.79. The number of halogens is 2. The van der Waals surface area contributed by atoms with Crippen LogP contribution in [0.25, 0.3) is 21.7 Å². The number of pyridine rings is 1. The van der Waals surface area contributed by atoms with Gasteiger partial charge in [-0.15, -0.1) is 11.3 Å². The summed E-state index contributed by atoms with van der Waals surface area (Å²) in [7, 11) is 0. The highest BCUT2D eigenvalue weighted by Crippen LogP contribution is 2.39. The van der Waals surface area contributed by atoms with E-state index < -0.39 is 18.7 Å². The lowest BCUT2D eigenvalue weighted by Gasteiger charge is -2.35. The van der Waals surface area contributed by atoms with Gasteiger partial charge in [-0.25, -0.2) is 13.8 Å². The van der Waals surface area contributed by atoms with E-state index in [1.807, 2.05) is 24.0 Å². The third-order valence-corrected chi connectivity index (χ3v) is 7.66. The first kappa shape index (κ1) is 25.0. The fraction of sp³-hybridized carbons (Fsp3) is 0.423. The number of nitrogens with one attached hydrogen (secondary N) is 1. The summed E-state index contributed by atoms with van der Waals surface area (Å²) in [6, 6.07) is 7.74. The summed E-state index contributed by atoms with van der Waals surface area (Å²) in [6.07, 6.45) is 0.786.